The van der Waals surface area contributed by atoms with Crippen molar-refractivity contribution in [3.8, 4) is 5.75 Å². The molecule has 0 aliphatic heterocycles. The second kappa shape index (κ2) is 11.7. The summed E-state index contributed by atoms with van der Waals surface area (Å²) in [5.74, 6) is 0.0297. The molecule has 5 nitrogen and oxygen atoms in total. The third kappa shape index (κ3) is 7.29. The normalized spacial score (nSPS) is 12.7. The second-order valence-electron chi connectivity index (χ2n) is 7.01. The Morgan fingerprint density at radius 2 is 1.80 bits per heavy atom. The van der Waals surface area contributed by atoms with Crippen LogP contribution in [0.4, 0.5) is 0 Å². The van der Waals surface area contributed by atoms with Crippen molar-refractivity contribution in [1.29, 1.82) is 0 Å². The van der Waals surface area contributed by atoms with Gasteiger partial charge in [0.25, 0.3) is 5.91 Å². The number of hydrogen-bond donors (Lipinski definition) is 1. The van der Waals surface area contributed by atoms with Crippen LogP contribution in [-0.4, -0.2) is 35.4 Å². The van der Waals surface area contributed by atoms with Crippen molar-refractivity contribution in [2.45, 2.75) is 45.8 Å². The Morgan fingerprint density at radius 1 is 1.13 bits per heavy atom. The molecule has 0 radical (unpaired) electrons. The zero-order valence-corrected chi connectivity index (χ0v) is 21.1. The summed E-state index contributed by atoms with van der Waals surface area (Å²) in [6.45, 7) is 5.77. The van der Waals surface area contributed by atoms with Gasteiger partial charge in [0, 0.05) is 22.1 Å². The van der Waals surface area contributed by atoms with Gasteiger partial charge in [-0.2, -0.15) is 0 Å². The minimum Gasteiger partial charge on any atom is -0.483 e. The molecule has 0 aromatic heterocycles. The van der Waals surface area contributed by atoms with E-state index in [2.05, 4.69) is 37.2 Å². The first kappa shape index (κ1) is 24.7. The van der Waals surface area contributed by atoms with E-state index >= 15 is 0 Å². The molecule has 0 saturated carbocycles. The Bertz CT molecular complexity index is 877. The number of carbonyl (C=O) groups excluding carboxylic acids is 2. The fourth-order valence-electron chi connectivity index (χ4n) is 2.65. The molecule has 2 aromatic rings. The van der Waals surface area contributed by atoms with Gasteiger partial charge in [0.15, 0.2) is 6.61 Å². The van der Waals surface area contributed by atoms with Crippen molar-refractivity contribution in [2.75, 3.05) is 6.61 Å². The lowest BCUT2D eigenvalue weighted by Gasteiger charge is -2.29. The van der Waals surface area contributed by atoms with Crippen LogP contribution in [0.1, 0.15) is 32.8 Å². The number of carbonyl (C=O) groups is 2. The van der Waals surface area contributed by atoms with Crippen LogP contribution in [-0.2, 0) is 16.1 Å². The topological polar surface area (TPSA) is 58.6 Å². The summed E-state index contributed by atoms with van der Waals surface area (Å²) in [6, 6.07) is 12.1. The Balaban J connectivity index is 2.16. The summed E-state index contributed by atoms with van der Waals surface area (Å²) in [7, 11) is 0. The van der Waals surface area contributed by atoms with Crippen LogP contribution in [0.5, 0.6) is 5.75 Å². The van der Waals surface area contributed by atoms with Gasteiger partial charge in [-0.05, 0) is 72.1 Å². The van der Waals surface area contributed by atoms with E-state index in [9.17, 15) is 9.59 Å². The van der Waals surface area contributed by atoms with E-state index in [1.54, 1.807) is 25.1 Å². The molecule has 2 unspecified atom stereocenters. The fraction of sp³-hybridized carbons (Fsp3) is 0.364. The number of rotatable bonds is 9. The molecular formula is C22H25Br2ClN2O3. The summed E-state index contributed by atoms with van der Waals surface area (Å²) < 4.78 is 7.29. The van der Waals surface area contributed by atoms with Crippen molar-refractivity contribution in [2.24, 2.45) is 0 Å². The van der Waals surface area contributed by atoms with Gasteiger partial charge < -0.3 is 15.0 Å². The van der Waals surface area contributed by atoms with E-state index in [0.717, 1.165) is 16.5 Å². The maximum Gasteiger partial charge on any atom is 0.261 e. The first-order chi connectivity index (χ1) is 14.2. The molecule has 162 valence electrons. The summed E-state index contributed by atoms with van der Waals surface area (Å²) in [5, 5.41) is 3.51. The molecule has 2 rings (SSSR count). The van der Waals surface area contributed by atoms with Gasteiger partial charge in [0.05, 0.1) is 4.47 Å². The Kier molecular flexibility index (Phi) is 9.65. The predicted octanol–water partition coefficient (Wildman–Crippen LogP) is 5.58. The lowest BCUT2D eigenvalue weighted by molar-refractivity contribution is -0.142. The molecule has 0 aliphatic carbocycles. The quantitative estimate of drug-likeness (QED) is 0.436. The number of ether oxygens (including phenoxy) is 1. The van der Waals surface area contributed by atoms with Gasteiger partial charge in [-0.15, -0.1) is 0 Å². The predicted molar refractivity (Wildman–Crippen MR) is 127 cm³/mol. The van der Waals surface area contributed by atoms with Crippen LogP contribution in [0.2, 0.25) is 5.02 Å². The number of hydrogen-bond acceptors (Lipinski definition) is 3. The number of halogens is 3. The second-order valence-corrected chi connectivity index (χ2v) is 9.21. The van der Waals surface area contributed by atoms with E-state index < -0.39 is 6.04 Å². The van der Waals surface area contributed by atoms with Gasteiger partial charge in [-0.25, -0.2) is 0 Å². The highest BCUT2D eigenvalue weighted by Gasteiger charge is 2.27. The number of amides is 2. The molecule has 0 bridgehead atoms. The number of benzene rings is 2. The molecule has 1 N–H and O–H groups in total. The van der Waals surface area contributed by atoms with Crippen LogP contribution in [0, 0.1) is 0 Å². The Labute approximate surface area is 199 Å². The Morgan fingerprint density at radius 3 is 2.40 bits per heavy atom. The monoisotopic (exact) mass is 558 g/mol. The van der Waals surface area contributed by atoms with E-state index in [1.165, 1.54) is 4.90 Å². The largest absolute Gasteiger partial charge is 0.483 e. The van der Waals surface area contributed by atoms with Crippen molar-refractivity contribution >= 4 is 55.3 Å². The first-order valence-corrected chi connectivity index (χ1v) is 11.6. The lowest BCUT2D eigenvalue weighted by Crippen LogP contribution is -2.50. The number of nitrogens with zero attached hydrogens (tertiary/aromatic N) is 1. The molecule has 8 heteroatoms. The minimum absolute atomic E-state index is 0.0332. The molecule has 0 fully saturated rings. The molecule has 0 saturated heterocycles. The average Bonchev–Trinajstić information content (AvgIpc) is 2.71. The zero-order valence-electron chi connectivity index (χ0n) is 17.1. The van der Waals surface area contributed by atoms with Crippen LogP contribution in [0.25, 0.3) is 0 Å². The first-order valence-electron chi connectivity index (χ1n) is 9.63. The van der Waals surface area contributed by atoms with E-state index in [0.29, 0.717) is 21.8 Å². The summed E-state index contributed by atoms with van der Waals surface area (Å²) >= 11 is 12.7. The SMILES string of the molecule is CCC(C)NC(=O)C(C)N(Cc1ccc(Br)cc1)C(=O)COc1ccc(Cl)cc1Br. The molecule has 0 heterocycles. The molecule has 0 aliphatic rings. The summed E-state index contributed by atoms with van der Waals surface area (Å²) in [6.07, 6.45) is 0.812. The molecule has 30 heavy (non-hydrogen) atoms. The zero-order chi connectivity index (χ0) is 22.3. The highest BCUT2D eigenvalue weighted by Crippen LogP contribution is 2.28. The van der Waals surface area contributed by atoms with Gasteiger partial charge in [-0.1, -0.05) is 46.6 Å². The highest BCUT2D eigenvalue weighted by atomic mass is 79.9. The average molecular weight is 561 g/mol. The maximum absolute atomic E-state index is 13.0. The van der Waals surface area contributed by atoms with Crippen molar-refractivity contribution in [1.82, 2.24) is 10.2 Å². The highest BCUT2D eigenvalue weighted by molar-refractivity contribution is 9.10. The van der Waals surface area contributed by atoms with Crippen molar-refractivity contribution in [3.63, 3.8) is 0 Å². The fourth-order valence-corrected chi connectivity index (χ4v) is 3.71. The van der Waals surface area contributed by atoms with Crippen LogP contribution in [0.3, 0.4) is 0 Å². The lowest BCUT2D eigenvalue weighted by atomic mass is 10.1. The molecule has 2 atom stereocenters. The molecular weight excluding hydrogens is 536 g/mol. The van der Waals surface area contributed by atoms with Crippen LogP contribution >= 0.6 is 43.5 Å². The summed E-state index contributed by atoms with van der Waals surface area (Å²) in [4.78, 5) is 27.3. The molecule has 2 amide bonds. The number of nitrogens with one attached hydrogen (secondary N) is 1. The molecule has 2 aromatic carbocycles. The minimum atomic E-state index is -0.646. The van der Waals surface area contributed by atoms with Gasteiger partial charge in [0.1, 0.15) is 11.8 Å². The summed E-state index contributed by atoms with van der Waals surface area (Å²) in [5.41, 5.74) is 0.919. The standard InChI is InChI=1S/C22H25Br2ClN2O3/c1-4-14(2)26-22(29)15(3)27(12-16-5-7-17(23)8-6-16)21(28)13-30-20-10-9-18(25)11-19(20)24/h5-11,14-15H,4,12-13H2,1-3H3,(H,26,29). The maximum atomic E-state index is 13.0. The van der Waals surface area contributed by atoms with Crippen LogP contribution < -0.4 is 10.1 Å². The third-order valence-electron chi connectivity index (χ3n) is 4.68. The van der Waals surface area contributed by atoms with E-state index in [1.807, 2.05) is 38.1 Å². The molecule has 0 spiro atoms. The van der Waals surface area contributed by atoms with Crippen LogP contribution in [0.15, 0.2) is 51.4 Å². The van der Waals surface area contributed by atoms with E-state index in [-0.39, 0.29) is 24.5 Å². The van der Waals surface area contributed by atoms with Gasteiger partial charge in [-0.3, -0.25) is 9.59 Å². The smallest absolute Gasteiger partial charge is 0.261 e. The van der Waals surface area contributed by atoms with Crippen molar-refractivity contribution < 1.29 is 14.3 Å². The van der Waals surface area contributed by atoms with E-state index in [4.69, 9.17) is 16.3 Å². The Hall–Kier alpha value is -1.57. The van der Waals surface area contributed by atoms with Gasteiger partial charge in [0.2, 0.25) is 5.91 Å². The van der Waals surface area contributed by atoms with Gasteiger partial charge >= 0.3 is 0 Å². The third-order valence-corrected chi connectivity index (χ3v) is 6.06. The van der Waals surface area contributed by atoms with Crippen molar-refractivity contribution in [3.05, 3.63) is 62.0 Å².